The molecule has 2 heterocycles. The fraction of sp³-hybridized carbons (Fsp3) is 0.211. The van der Waals surface area contributed by atoms with Crippen molar-refractivity contribution in [2.24, 2.45) is 0 Å². The largest absolute Gasteiger partial charge is 0.390 e. The van der Waals surface area contributed by atoms with Gasteiger partial charge in [-0.1, -0.05) is 12.1 Å². The smallest absolute Gasteiger partial charge is 0.227 e. The number of fused-ring (bicyclic) bond motifs is 1. The predicted molar refractivity (Wildman–Crippen MR) is 98.8 cm³/mol. The molecule has 2 aromatic heterocycles. The van der Waals surface area contributed by atoms with Crippen LogP contribution in [-0.4, -0.2) is 31.8 Å². The Balaban J connectivity index is 1.88. The monoisotopic (exact) mass is 354 g/mol. The van der Waals surface area contributed by atoms with Gasteiger partial charge in [0, 0.05) is 23.8 Å². The van der Waals surface area contributed by atoms with Gasteiger partial charge in [-0.05, 0) is 37.6 Å². The summed E-state index contributed by atoms with van der Waals surface area (Å²) in [5.41, 5.74) is 0.919. The van der Waals surface area contributed by atoms with E-state index in [4.69, 9.17) is 0 Å². The Labute approximate surface area is 149 Å². The van der Waals surface area contributed by atoms with Gasteiger partial charge in [0.25, 0.3) is 0 Å². The molecule has 3 rings (SSSR count). The second-order valence-electron chi connectivity index (χ2n) is 6.64. The summed E-state index contributed by atoms with van der Waals surface area (Å²) in [6, 6.07) is 6.54. The zero-order chi connectivity index (χ0) is 18.7. The molecular formula is C19H19FN4O2. The van der Waals surface area contributed by atoms with Gasteiger partial charge in [-0.2, -0.15) is 5.10 Å². The van der Waals surface area contributed by atoms with Crippen molar-refractivity contribution in [2.45, 2.75) is 25.9 Å². The van der Waals surface area contributed by atoms with E-state index in [0.29, 0.717) is 16.6 Å². The van der Waals surface area contributed by atoms with E-state index in [9.17, 15) is 14.3 Å². The summed E-state index contributed by atoms with van der Waals surface area (Å²) in [6.45, 7) is 3.03. The third kappa shape index (κ3) is 4.31. The topological polar surface area (TPSA) is 90.9 Å². The van der Waals surface area contributed by atoms with Gasteiger partial charge in [0.2, 0.25) is 5.91 Å². The Morgan fingerprint density at radius 1 is 1.38 bits per heavy atom. The Hall–Kier alpha value is -3.06. The molecule has 0 aliphatic heterocycles. The lowest BCUT2D eigenvalue weighted by Crippen LogP contribution is -2.27. The predicted octanol–water partition coefficient (Wildman–Crippen LogP) is 3.37. The van der Waals surface area contributed by atoms with E-state index in [1.165, 1.54) is 26.0 Å². The molecule has 6 nitrogen and oxygen atoms in total. The first-order valence-electron chi connectivity index (χ1n) is 8.10. The molecule has 0 atom stereocenters. The van der Waals surface area contributed by atoms with Crippen LogP contribution in [-0.2, 0) is 4.79 Å². The Kier molecular flexibility index (Phi) is 4.81. The maximum Gasteiger partial charge on any atom is 0.227 e. The molecule has 0 bridgehead atoms. The SMILES string of the molecule is CC(C)(O)CC(=O)Nc1cc2c(C=Cc3cccnc3)n[nH]c2cc1F. The van der Waals surface area contributed by atoms with E-state index in [1.54, 1.807) is 18.5 Å². The first-order valence-corrected chi connectivity index (χ1v) is 8.10. The van der Waals surface area contributed by atoms with Gasteiger partial charge in [-0.3, -0.25) is 14.9 Å². The summed E-state index contributed by atoms with van der Waals surface area (Å²) >= 11 is 0. The first kappa shape index (κ1) is 17.8. The van der Waals surface area contributed by atoms with Crippen molar-refractivity contribution in [1.29, 1.82) is 0 Å². The highest BCUT2D eigenvalue weighted by atomic mass is 19.1. The van der Waals surface area contributed by atoms with Crippen LogP contribution in [0.1, 0.15) is 31.5 Å². The fourth-order valence-electron chi connectivity index (χ4n) is 2.52. The molecule has 0 fully saturated rings. The van der Waals surface area contributed by atoms with Gasteiger partial charge < -0.3 is 10.4 Å². The number of carbonyl (C=O) groups is 1. The summed E-state index contributed by atoms with van der Waals surface area (Å²) in [7, 11) is 0. The number of aliphatic hydroxyl groups is 1. The molecule has 0 aliphatic rings. The molecule has 3 aromatic rings. The third-order valence-corrected chi connectivity index (χ3v) is 3.67. The maximum atomic E-state index is 14.2. The number of benzene rings is 1. The van der Waals surface area contributed by atoms with E-state index >= 15 is 0 Å². The van der Waals surface area contributed by atoms with Crippen LogP contribution >= 0.6 is 0 Å². The standard InChI is InChI=1S/C19H19FN4O2/c1-19(2,26)10-18(25)22-17-8-13-15(23-24-16(13)9-14(17)20)6-5-12-4-3-7-21-11-12/h3-9,11,26H,10H2,1-2H3,(H,22,25)(H,23,24). The molecule has 134 valence electrons. The average molecular weight is 354 g/mol. The first-order chi connectivity index (χ1) is 12.3. The average Bonchev–Trinajstić information content (AvgIpc) is 2.94. The Morgan fingerprint density at radius 2 is 2.19 bits per heavy atom. The number of carbonyl (C=O) groups excluding carboxylic acids is 1. The quantitative estimate of drug-likeness (QED) is 0.655. The number of hydrogen-bond acceptors (Lipinski definition) is 4. The van der Waals surface area contributed by atoms with Crippen LogP contribution in [0.2, 0.25) is 0 Å². The molecule has 0 aliphatic carbocycles. The van der Waals surface area contributed by atoms with Crippen molar-refractivity contribution in [3.05, 3.63) is 53.7 Å². The molecule has 0 saturated heterocycles. The highest BCUT2D eigenvalue weighted by Gasteiger charge is 2.19. The van der Waals surface area contributed by atoms with E-state index in [0.717, 1.165) is 5.56 Å². The van der Waals surface area contributed by atoms with Crippen molar-refractivity contribution >= 4 is 34.6 Å². The number of pyridine rings is 1. The van der Waals surface area contributed by atoms with Gasteiger partial charge in [0.05, 0.1) is 28.9 Å². The molecule has 0 unspecified atom stereocenters. The number of H-pyrrole nitrogens is 1. The number of rotatable bonds is 5. The maximum absolute atomic E-state index is 14.2. The van der Waals surface area contributed by atoms with Crippen molar-refractivity contribution in [3.63, 3.8) is 0 Å². The van der Waals surface area contributed by atoms with Crippen LogP contribution in [0.5, 0.6) is 0 Å². The zero-order valence-electron chi connectivity index (χ0n) is 14.5. The number of amides is 1. The van der Waals surface area contributed by atoms with Crippen LogP contribution in [0.3, 0.4) is 0 Å². The van der Waals surface area contributed by atoms with Crippen molar-refractivity contribution in [2.75, 3.05) is 5.32 Å². The molecule has 7 heteroatoms. The zero-order valence-corrected chi connectivity index (χ0v) is 14.5. The lowest BCUT2D eigenvalue weighted by molar-refractivity contribution is -0.119. The molecule has 0 radical (unpaired) electrons. The molecule has 26 heavy (non-hydrogen) atoms. The lowest BCUT2D eigenvalue weighted by Gasteiger charge is -2.16. The molecule has 1 amide bonds. The van der Waals surface area contributed by atoms with Crippen molar-refractivity contribution in [3.8, 4) is 0 Å². The van der Waals surface area contributed by atoms with Gasteiger partial charge in [0.15, 0.2) is 0 Å². The van der Waals surface area contributed by atoms with Crippen LogP contribution in [0.15, 0.2) is 36.7 Å². The minimum Gasteiger partial charge on any atom is -0.390 e. The summed E-state index contributed by atoms with van der Waals surface area (Å²) in [4.78, 5) is 16.0. The highest BCUT2D eigenvalue weighted by molar-refractivity contribution is 5.96. The number of anilines is 1. The van der Waals surface area contributed by atoms with Crippen molar-refractivity contribution in [1.82, 2.24) is 15.2 Å². The summed E-state index contributed by atoms with van der Waals surface area (Å²) in [6.07, 6.45) is 6.90. The van der Waals surface area contributed by atoms with E-state index < -0.39 is 17.3 Å². The van der Waals surface area contributed by atoms with E-state index in [1.807, 2.05) is 18.2 Å². The number of nitrogens with zero attached hydrogens (tertiary/aromatic N) is 2. The van der Waals surface area contributed by atoms with Gasteiger partial charge >= 0.3 is 0 Å². The molecule has 0 spiro atoms. The van der Waals surface area contributed by atoms with E-state index in [2.05, 4.69) is 20.5 Å². The Morgan fingerprint density at radius 3 is 2.88 bits per heavy atom. The number of halogens is 1. The van der Waals surface area contributed by atoms with Crippen LogP contribution in [0.4, 0.5) is 10.1 Å². The third-order valence-electron chi connectivity index (χ3n) is 3.67. The number of nitrogens with one attached hydrogen (secondary N) is 2. The molecule has 0 saturated carbocycles. The second kappa shape index (κ2) is 7.05. The van der Waals surface area contributed by atoms with Crippen molar-refractivity contribution < 1.29 is 14.3 Å². The number of aromatic nitrogens is 3. The normalized spacial score (nSPS) is 12.0. The minimum atomic E-state index is -1.17. The molecule has 3 N–H and O–H groups in total. The van der Waals surface area contributed by atoms with Crippen LogP contribution in [0, 0.1) is 5.82 Å². The summed E-state index contributed by atoms with van der Waals surface area (Å²) in [5.74, 6) is -1.04. The highest BCUT2D eigenvalue weighted by Crippen LogP contribution is 2.25. The second-order valence-corrected chi connectivity index (χ2v) is 6.64. The lowest BCUT2D eigenvalue weighted by atomic mass is 10.1. The number of aromatic amines is 1. The van der Waals surface area contributed by atoms with Gasteiger partial charge in [-0.15, -0.1) is 0 Å². The van der Waals surface area contributed by atoms with Crippen LogP contribution in [0.25, 0.3) is 23.1 Å². The van der Waals surface area contributed by atoms with E-state index in [-0.39, 0.29) is 12.1 Å². The van der Waals surface area contributed by atoms with Crippen LogP contribution < -0.4 is 5.32 Å². The molecular weight excluding hydrogens is 335 g/mol. The number of hydrogen-bond donors (Lipinski definition) is 3. The van der Waals surface area contributed by atoms with Gasteiger partial charge in [-0.25, -0.2) is 4.39 Å². The summed E-state index contributed by atoms with van der Waals surface area (Å²) in [5, 5.41) is 19.8. The summed E-state index contributed by atoms with van der Waals surface area (Å²) < 4.78 is 14.2. The fourth-order valence-corrected chi connectivity index (χ4v) is 2.52. The Bertz CT molecular complexity index is 959. The van der Waals surface area contributed by atoms with Gasteiger partial charge in [0.1, 0.15) is 5.82 Å². The molecule has 1 aromatic carbocycles. The minimum absolute atomic E-state index is 0.0455.